The molecule has 196 valence electrons. The molecule has 0 spiro atoms. The maximum atomic E-state index is 13.5. The summed E-state index contributed by atoms with van der Waals surface area (Å²) in [6, 6.07) is 15.0. The summed E-state index contributed by atoms with van der Waals surface area (Å²) in [4.78, 5) is 33.2. The summed E-state index contributed by atoms with van der Waals surface area (Å²) in [6.45, 7) is 2.73. The zero-order valence-corrected chi connectivity index (χ0v) is 21.3. The van der Waals surface area contributed by atoms with Crippen molar-refractivity contribution in [2.45, 2.75) is 43.2 Å². The number of hydrogen-bond donors (Lipinski definition) is 0. The second-order valence-electron chi connectivity index (χ2n) is 9.77. The number of anilines is 1. The number of carbonyl (C=O) groups is 2. The highest BCUT2D eigenvalue weighted by Crippen LogP contribution is 2.42. The predicted molar refractivity (Wildman–Crippen MR) is 140 cm³/mol. The van der Waals surface area contributed by atoms with Gasteiger partial charge in [0.05, 0.1) is 10.5 Å². The minimum absolute atomic E-state index is 0.00515. The molecular formula is C28H30F3N3O2S. The van der Waals surface area contributed by atoms with E-state index in [-0.39, 0.29) is 29.7 Å². The number of para-hydroxylation sites is 1. The van der Waals surface area contributed by atoms with E-state index in [1.807, 2.05) is 23.1 Å². The quantitative estimate of drug-likeness (QED) is 0.506. The normalized spacial score (nSPS) is 23.8. The van der Waals surface area contributed by atoms with Gasteiger partial charge in [-0.05, 0) is 48.7 Å². The van der Waals surface area contributed by atoms with E-state index in [0.29, 0.717) is 23.6 Å². The van der Waals surface area contributed by atoms with E-state index in [2.05, 4.69) is 17.0 Å². The number of alkyl halides is 3. The number of hydrogen-bond acceptors (Lipinski definition) is 4. The maximum absolute atomic E-state index is 13.5. The van der Waals surface area contributed by atoms with Crippen molar-refractivity contribution in [3.05, 3.63) is 70.6 Å². The molecule has 5 nitrogen and oxygen atoms in total. The molecule has 0 aromatic heterocycles. The number of nitrogens with zero attached hydrogens (tertiary/aromatic N) is 3. The maximum Gasteiger partial charge on any atom is 0.416 e. The van der Waals surface area contributed by atoms with Gasteiger partial charge in [0, 0.05) is 43.2 Å². The lowest BCUT2D eigenvalue weighted by atomic mass is 9.93. The van der Waals surface area contributed by atoms with Gasteiger partial charge in [0.15, 0.2) is 0 Å². The summed E-state index contributed by atoms with van der Waals surface area (Å²) in [6.07, 6.45) is 1.17. The first-order valence-electron chi connectivity index (χ1n) is 12.7. The highest BCUT2D eigenvalue weighted by atomic mass is 32.2. The van der Waals surface area contributed by atoms with Crippen LogP contribution < -0.4 is 4.90 Å². The van der Waals surface area contributed by atoms with Crippen molar-refractivity contribution < 1.29 is 22.8 Å². The topological polar surface area (TPSA) is 43.9 Å². The van der Waals surface area contributed by atoms with E-state index in [1.54, 1.807) is 11.0 Å². The first-order valence-corrected chi connectivity index (χ1v) is 13.6. The van der Waals surface area contributed by atoms with Gasteiger partial charge >= 0.3 is 6.18 Å². The molecule has 2 unspecified atom stereocenters. The van der Waals surface area contributed by atoms with E-state index in [9.17, 15) is 22.8 Å². The lowest BCUT2D eigenvalue weighted by molar-refractivity contribution is -0.140. The van der Waals surface area contributed by atoms with Crippen LogP contribution in [0.1, 0.15) is 36.8 Å². The number of piperazine rings is 1. The Labute approximate surface area is 219 Å². The number of thioether (sulfide) groups is 1. The second kappa shape index (κ2) is 10.8. The molecule has 0 radical (unpaired) electrons. The van der Waals surface area contributed by atoms with Gasteiger partial charge in [-0.2, -0.15) is 13.2 Å². The van der Waals surface area contributed by atoms with Crippen LogP contribution in [0.4, 0.5) is 18.9 Å². The molecule has 0 bridgehead atoms. The third kappa shape index (κ3) is 5.81. The van der Waals surface area contributed by atoms with Crippen LogP contribution in [0.3, 0.4) is 0 Å². The van der Waals surface area contributed by atoms with Crippen molar-refractivity contribution in [2.24, 2.45) is 0 Å². The van der Waals surface area contributed by atoms with E-state index >= 15 is 0 Å². The molecule has 2 aromatic rings. The van der Waals surface area contributed by atoms with Gasteiger partial charge in [-0.25, -0.2) is 0 Å². The summed E-state index contributed by atoms with van der Waals surface area (Å²) in [7, 11) is 0. The zero-order chi connectivity index (χ0) is 26.0. The van der Waals surface area contributed by atoms with Crippen molar-refractivity contribution >= 4 is 35.3 Å². The van der Waals surface area contributed by atoms with Crippen molar-refractivity contribution in [3.63, 3.8) is 0 Å². The van der Waals surface area contributed by atoms with Gasteiger partial charge in [-0.1, -0.05) is 43.2 Å². The Balaban J connectivity index is 1.29. The van der Waals surface area contributed by atoms with Gasteiger partial charge in [-0.3, -0.25) is 9.59 Å². The summed E-state index contributed by atoms with van der Waals surface area (Å²) >= 11 is 1.51. The third-order valence-corrected chi connectivity index (χ3v) is 8.81. The molecular weight excluding hydrogens is 499 g/mol. The Bertz CT molecular complexity index is 1150. The van der Waals surface area contributed by atoms with Crippen LogP contribution in [0.25, 0.3) is 6.08 Å². The molecule has 1 aliphatic carbocycles. The number of carbonyl (C=O) groups excluding carboxylic acids is 2. The fourth-order valence-electron chi connectivity index (χ4n) is 5.38. The minimum atomic E-state index is -4.40. The predicted octanol–water partition coefficient (Wildman–Crippen LogP) is 5.28. The lowest BCUT2D eigenvalue weighted by Gasteiger charge is -2.45. The van der Waals surface area contributed by atoms with Crippen molar-refractivity contribution in [1.82, 2.24) is 9.80 Å². The van der Waals surface area contributed by atoms with Gasteiger partial charge in [0.1, 0.15) is 6.54 Å². The smallest absolute Gasteiger partial charge is 0.368 e. The zero-order valence-electron chi connectivity index (χ0n) is 20.5. The average Bonchev–Trinajstić information content (AvgIpc) is 2.91. The fraction of sp³-hybridized carbons (Fsp3) is 0.429. The fourth-order valence-corrected chi connectivity index (χ4v) is 6.85. The van der Waals surface area contributed by atoms with Gasteiger partial charge in [0.2, 0.25) is 5.91 Å². The molecule has 2 aromatic carbocycles. The van der Waals surface area contributed by atoms with E-state index in [0.717, 1.165) is 56.6 Å². The standard InChI is InChI=1S/C28H30F3N3O2S/c29-28(30,31)21-12-10-20(11-13-21)18-25-27(36)34(23-8-4-5-9-24(23)37-25)19-26(35)33-16-14-32(15-17-33)22-6-2-1-3-7-22/h1-3,6-7,10-13,18,23-24H,4-5,8-9,14-17,19H2/b25-18-. The van der Waals surface area contributed by atoms with E-state index in [4.69, 9.17) is 0 Å². The molecule has 0 N–H and O–H groups in total. The Morgan fingerprint density at radius 2 is 1.62 bits per heavy atom. The summed E-state index contributed by atoms with van der Waals surface area (Å²) < 4.78 is 38.8. The van der Waals surface area contributed by atoms with Crippen LogP contribution in [-0.2, 0) is 15.8 Å². The molecule has 37 heavy (non-hydrogen) atoms. The molecule has 9 heteroatoms. The van der Waals surface area contributed by atoms with Gasteiger partial charge < -0.3 is 14.7 Å². The second-order valence-corrected chi connectivity index (χ2v) is 11.1. The Kier molecular flexibility index (Phi) is 7.51. The molecule has 5 rings (SSSR count). The van der Waals surface area contributed by atoms with Crippen LogP contribution in [0, 0.1) is 0 Å². The molecule has 2 aliphatic heterocycles. The Hall–Kier alpha value is -2.94. The van der Waals surface area contributed by atoms with Gasteiger partial charge in [-0.15, -0.1) is 11.8 Å². The summed E-state index contributed by atoms with van der Waals surface area (Å²) in [5.41, 5.74) is 0.964. The molecule has 3 aliphatic rings. The summed E-state index contributed by atoms with van der Waals surface area (Å²) in [5, 5.41) is 0.190. The molecule has 2 atom stereocenters. The van der Waals surface area contributed by atoms with Crippen LogP contribution in [0.15, 0.2) is 59.5 Å². The highest BCUT2D eigenvalue weighted by Gasteiger charge is 2.42. The van der Waals surface area contributed by atoms with Gasteiger partial charge in [0.25, 0.3) is 5.91 Å². The van der Waals surface area contributed by atoms with Crippen molar-refractivity contribution in [3.8, 4) is 0 Å². The first-order chi connectivity index (χ1) is 17.8. The summed E-state index contributed by atoms with van der Waals surface area (Å²) in [5.74, 6) is -0.254. The van der Waals surface area contributed by atoms with E-state index in [1.165, 1.54) is 23.9 Å². The SMILES string of the molecule is O=C(CN1C(=O)/C(=C/c2ccc(C(F)(F)F)cc2)SC2CCCCC21)N1CCN(c2ccccc2)CC1. The van der Waals surface area contributed by atoms with Crippen LogP contribution in [-0.4, -0.2) is 65.6 Å². The van der Waals surface area contributed by atoms with Crippen molar-refractivity contribution in [2.75, 3.05) is 37.6 Å². The number of amides is 2. The minimum Gasteiger partial charge on any atom is -0.368 e. The Morgan fingerprint density at radius 1 is 0.946 bits per heavy atom. The monoisotopic (exact) mass is 529 g/mol. The van der Waals surface area contributed by atoms with Crippen LogP contribution in [0.5, 0.6) is 0 Å². The number of rotatable bonds is 4. The van der Waals surface area contributed by atoms with Crippen molar-refractivity contribution in [1.29, 1.82) is 0 Å². The molecule has 2 amide bonds. The molecule has 2 saturated heterocycles. The number of halogens is 3. The average molecular weight is 530 g/mol. The highest BCUT2D eigenvalue weighted by molar-refractivity contribution is 8.04. The molecule has 1 saturated carbocycles. The van der Waals surface area contributed by atoms with E-state index < -0.39 is 11.7 Å². The largest absolute Gasteiger partial charge is 0.416 e. The third-order valence-electron chi connectivity index (χ3n) is 7.41. The van der Waals surface area contributed by atoms with Crippen LogP contribution in [0.2, 0.25) is 0 Å². The molecule has 3 fully saturated rings. The van der Waals surface area contributed by atoms with Crippen LogP contribution >= 0.6 is 11.8 Å². The number of benzene rings is 2. The Morgan fingerprint density at radius 3 is 2.30 bits per heavy atom. The molecule has 2 heterocycles. The number of fused-ring (bicyclic) bond motifs is 1. The lowest BCUT2D eigenvalue weighted by Crippen LogP contribution is -2.57. The first kappa shape index (κ1) is 25.7.